The number of rotatable bonds is 5. The first-order chi connectivity index (χ1) is 8.81. The van der Waals surface area contributed by atoms with E-state index in [0.29, 0.717) is 0 Å². The van der Waals surface area contributed by atoms with E-state index in [1.54, 1.807) is 10.8 Å². The molecule has 1 aromatic carbocycles. The Bertz CT molecular complexity index is 638. The first-order valence-corrected chi connectivity index (χ1v) is 6.73. The van der Waals surface area contributed by atoms with Gasteiger partial charge in [0.15, 0.2) is 0 Å². The van der Waals surface area contributed by atoms with E-state index in [-0.39, 0.29) is 15.5 Å². The summed E-state index contributed by atoms with van der Waals surface area (Å²) in [5, 5.41) is 26.0. The molecule has 19 heavy (non-hydrogen) atoms. The molecule has 0 aliphatic heterocycles. The molecule has 0 bridgehead atoms. The maximum atomic E-state index is 11.8. The molecule has 1 aromatic rings. The van der Waals surface area contributed by atoms with Crippen LogP contribution in [0.5, 0.6) is 0 Å². The molecule has 0 radical (unpaired) electrons. The molecule has 0 saturated heterocycles. The van der Waals surface area contributed by atoms with Crippen LogP contribution in [0.25, 0.3) is 0 Å². The first-order valence-electron chi connectivity index (χ1n) is 4.87. The molecule has 3 N–H and O–H groups in total. The number of sulfonamides is 1. The van der Waals surface area contributed by atoms with E-state index in [2.05, 4.69) is 0 Å². The number of carboxylic acid groups (broad SMARTS) is 1. The van der Waals surface area contributed by atoms with E-state index in [4.69, 9.17) is 27.1 Å². The molecule has 9 heteroatoms. The number of carbonyl (C=O) groups is 1. The predicted molar refractivity (Wildman–Crippen MR) is 65.0 cm³/mol. The van der Waals surface area contributed by atoms with Crippen molar-refractivity contribution in [2.45, 2.75) is 10.9 Å². The van der Waals surface area contributed by atoms with Crippen molar-refractivity contribution in [3.8, 4) is 6.07 Å². The Morgan fingerprint density at radius 1 is 1.53 bits per heavy atom. The molecular weight excluding hydrogens is 296 g/mol. The van der Waals surface area contributed by atoms with Gasteiger partial charge < -0.3 is 10.2 Å². The number of hydrogen-bond acceptors (Lipinski definition) is 5. The molecule has 0 aliphatic rings. The molecule has 0 saturated carbocycles. The van der Waals surface area contributed by atoms with Crippen molar-refractivity contribution >= 4 is 27.6 Å². The molecule has 0 heterocycles. The maximum Gasteiger partial charge on any atom is 0.324 e. The molecule has 0 aliphatic carbocycles. The minimum Gasteiger partial charge on any atom is -0.480 e. The fourth-order valence-electron chi connectivity index (χ4n) is 1.17. The zero-order valence-corrected chi connectivity index (χ0v) is 10.9. The smallest absolute Gasteiger partial charge is 0.324 e. The van der Waals surface area contributed by atoms with E-state index in [9.17, 15) is 13.2 Å². The van der Waals surface area contributed by atoms with Crippen molar-refractivity contribution in [2.75, 3.05) is 6.61 Å². The monoisotopic (exact) mass is 304 g/mol. The summed E-state index contributed by atoms with van der Waals surface area (Å²) in [6.45, 7) is -0.890. The Morgan fingerprint density at radius 2 is 2.16 bits per heavy atom. The van der Waals surface area contributed by atoms with E-state index >= 15 is 0 Å². The quantitative estimate of drug-likeness (QED) is 0.699. The second kappa shape index (κ2) is 5.99. The van der Waals surface area contributed by atoms with E-state index < -0.39 is 28.6 Å². The largest absolute Gasteiger partial charge is 0.480 e. The van der Waals surface area contributed by atoms with Crippen LogP contribution in [0.4, 0.5) is 0 Å². The van der Waals surface area contributed by atoms with Gasteiger partial charge in [0.1, 0.15) is 12.1 Å². The third-order valence-electron chi connectivity index (χ3n) is 2.15. The van der Waals surface area contributed by atoms with Crippen LogP contribution in [0.2, 0.25) is 5.02 Å². The van der Waals surface area contributed by atoms with Gasteiger partial charge in [0.25, 0.3) is 0 Å². The lowest BCUT2D eigenvalue weighted by atomic mass is 10.2. The fraction of sp³-hybridized carbons (Fsp3) is 0.200. The Balaban J connectivity index is 3.11. The fourth-order valence-corrected chi connectivity index (χ4v) is 2.67. The summed E-state index contributed by atoms with van der Waals surface area (Å²) >= 11 is 5.69. The van der Waals surface area contributed by atoms with E-state index in [1.165, 1.54) is 6.07 Å². The minimum atomic E-state index is -4.15. The zero-order chi connectivity index (χ0) is 14.6. The lowest BCUT2D eigenvalue weighted by molar-refractivity contribution is -0.139. The van der Waals surface area contributed by atoms with Crippen LogP contribution in [-0.2, 0) is 14.8 Å². The van der Waals surface area contributed by atoms with Crippen molar-refractivity contribution in [2.24, 2.45) is 0 Å². The molecule has 0 unspecified atom stereocenters. The number of halogens is 1. The number of benzene rings is 1. The molecule has 1 atom stereocenters. The van der Waals surface area contributed by atoms with Crippen LogP contribution >= 0.6 is 11.6 Å². The summed E-state index contributed by atoms with van der Waals surface area (Å²) < 4.78 is 25.5. The van der Waals surface area contributed by atoms with E-state index in [0.717, 1.165) is 12.1 Å². The van der Waals surface area contributed by atoms with Crippen molar-refractivity contribution in [1.82, 2.24) is 4.72 Å². The summed E-state index contributed by atoms with van der Waals surface area (Å²) in [6.07, 6.45) is 0. The van der Waals surface area contributed by atoms with Gasteiger partial charge in [-0.1, -0.05) is 11.6 Å². The van der Waals surface area contributed by atoms with Crippen LogP contribution in [0.3, 0.4) is 0 Å². The summed E-state index contributed by atoms with van der Waals surface area (Å²) in [7, 11) is -4.15. The highest BCUT2D eigenvalue weighted by Gasteiger charge is 2.25. The number of carboxylic acids is 1. The number of aliphatic hydroxyl groups excluding tert-OH is 1. The Morgan fingerprint density at radius 3 is 2.58 bits per heavy atom. The highest BCUT2D eigenvalue weighted by Crippen LogP contribution is 2.20. The Labute approximate surface area is 114 Å². The average Bonchev–Trinajstić information content (AvgIpc) is 2.35. The second-order valence-corrected chi connectivity index (χ2v) is 5.57. The molecule has 1 rings (SSSR count). The van der Waals surface area contributed by atoms with Crippen LogP contribution in [0.1, 0.15) is 5.56 Å². The molecule has 0 aromatic heterocycles. The zero-order valence-electron chi connectivity index (χ0n) is 9.37. The minimum absolute atomic E-state index is 0.0683. The second-order valence-electron chi connectivity index (χ2n) is 3.45. The molecule has 102 valence electrons. The number of nitriles is 1. The molecular formula is C10H9ClN2O5S. The van der Waals surface area contributed by atoms with Crippen LogP contribution < -0.4 is 4.72 Å². The molecule has 0 amide bonds. The third-order valence-corrected chi connectivity index (χ3v) is 3.93. The number of aliphatic carboxylic acids is 1. The van der Waals surface area contributed by atoms with Crippen molar-refractivity contribution < 1.29 is 23.4 Å². The lowest BCUT2D eigenvalue weighted by Gasteiger charge is -2.12. The summed E-state index contributed by atoms with van der Waals surface area (Å²) in [6, 6.07) is 3.45. The standard InChI is InChI=1S/C10H9ClN2O5S/c11-8-3-7(2-1-6(8)4-12)19(17,18)13-9(5-14)10(15)16/h1-3,9,13-14H,5H2,(H,15,16)/t9-/m1/s1. The summed E-state index contributed by atoms with van der Waals surface area (Å²) in [5.74, 6) is -1.51. The number of aliphatic hydroxyl groups is 1. The lowest BCUT2D eigenvalue weighted by Crippen LogP contribution is -2.43. The van der Waals surface area contributed by atoms with Crippen LogP contribution in [-0.4, -0.2) is 37.2 Å². The van der Waals surface area contributed by atoms with Crippen molar-refractivity contribution in [3.05, 3.63) is 28.8 Å². The normalized spacial score (nSPS) is 12.7. The van der Waals surface area contributed by atoms with Gasteiger partial charge in [0, 0.05) is 0 Å². The maximum absolute atomic E-state index is 11.8. The van der Waals surface area contributed by atoms with Gasteiger partial charge in [-0.15, -0.1) is 0 Å². The van der Waals surface area contributed by atoms with Crippen LogP contribution in [0.15, 0.2) is 23.1 Å². The molecule has 0 fully saturated rings. The predicted octanol–water partition coefficient (Wildman–Crippen LogP) is -0.0645. The first kappa shape index (κ1) is 15.4. The van der Waals surface area contributed by atoms with Gasteiger partial charge in [0.2, 0.25) is 10.0 Å². The molecule has 0 spiro atoms. The van der Waals surface area contributed by atoms with Gasteiger partial charge in [-0.2, -0.15) is 9.98 Å². The van der Waals surface area contributed by atoms with Crippen LogP contribution in [0, 0.1) is 11.3 Å². The van der Waals surface area contributed by atoms with Gasteiger partial charge in [0.05, 0.1) is 22.1 Å². The highest BCUT2D eigenvalue weighted by molar-refractivity contribution is 7.89. The number of hydrogen-bond donors (Lipinski definition) is 3. The van der Waals surface area contributed by atoms with Gasteiger partial charge in [-0.25, -0.2) is 8.42 Å². The average molecular weight is 305 g/mol. The molecule has 7 nitrogen and oxygen atoms in total. The number of nitrogens with zero attached hydrogens (tertiary/aromatic N) is 1. The van der Waals surface area contributed by atoms with Crippen molar-refractivity contribution in [3.63, 3.8) is 0 Å². The Hall–Kier alpha value is -1.66. The Kier molecular flexibility index (Phi) is 4.85. The summed E-state index contributed by atoms with van der Waals surface area (Å²) in [4.78, 5) is 10.4. The summed E-state index contributed by atoms with van der Waals surface area (Å²) in [5.41, 5.74) is 0.0950. The van der Waals surface area contributed by atoms with Gasteiger partial charge >= 0.3 is 5.97 Å². The highest BCUT2D eigenvalue weighted by atomic mass is 35.5. The number of nitrogens with one attached hydrogen (secondary N) is 1. The SMILES string of the molecule is N#Cc1ccc(S(=O)(=O)N[C@H](CO)C(=O)O)cc1Cl. The van der Waals surface area contributed by atoms with Gasteiger partial charge in [-0.3, -0.25) is 4.79 Å². The van der Waals surface area contributed by atoms with E-state index in [1.807, 2.05) is 0 Å². The third kappa shape index (κ3) is 3.65. The van der Waals surface area contributed by atoms with Gasteiger partial charge in [-0.05, 0) is 18.2 Å². The van der Waals surface area contributed by atoms with Crippen molar-refractivity contribution in [1.29, 1.82) is 5.26 Å². The topological polar surface area (TPSA) is 127 Å².